The first-order valence-electron chi connectivity index (χ1n) is 6.50. The summed E-state index contributed by atoms with van der Waals surface area (Å²) in [6.45, 7) is 4.28. The summed E-state index contributed by atoms with van der Waals surface area (Å²) in [7, 11) is 0. The van der Waals surface area contributed by atoms with E-state index in [2.05, 4.69) is 0 Å². The molecule has 4 nitrogen and oxygen atoms in total. The average Bonchev–Trinajstić information content (AvgIpc) is 2.42. The quantitative estimate of drug-likeness (QED) is 0.843. The predicted octanol–water partition coefficient (Wildman–Crippen LogP) is 2.95. The summed E-state index contributed by atoms with van der Waals surface area (Å²) in [5, 5.41) is 9.55. The fraction of sp³-hybridized carbons (Fsp3) is 0.188. The van der Waals surface area contributed by atoms with Gasteiger partial charge in [-0.25, -0.2) is 0 Å². The van der Waals surface area contributed by atoms with Gasteiger partial charge in [-0.2, -0.15) is 0 Å². The molecule has 2 rings (SSSR count). The maximum Gasteiger partial charge on any atom is 0.258 e. The second kappa shape index (κ2) is 5.65. The van der Waals surface area contributed by atoms with Gasteiger partial charge in [0.25, 0.3) is 5.91 Å². The minimum atomic E-state index is -0.122. The Balaban J connectivity index is 2.41. The van der Waals surface area contributed by atoms with E-state index in [4.69, 9.17) is 5.73 Å². The Morgan fingerprint density at radius 1 is 1.25 bits per heavy atom. The molecule has 0 radical (unpaired) electrons. The number of carbonyl (C=O) groups is 1. The molecule has 0 aliphatic rings. The molecule has 1 amide bonds. The molecule has 0 bridgehead atoms. The van der Waals surface area contributed by atoms with E-state index >= 15 is 0 Å². The van der Waals surface area contributed by atoms with Gasteiger partial charge in [0.05, 0.1) is 0 Å². The second-order valence-electron chi connectivity index (χ2n) is 4.64. The molecule has 0 unspecified atom stereocenters. The van der Waals surface area contributed by atoms with E-state index in [1.807, 2.05) is 19.9 Å². The number of nitrogen functional groups attached to an aromatic ring is 1. The van der Waals surface area contributed by atoms with Gasteiger partial charge in [0.2, 0.25) is 0 Å². The standard InChI is InChI=1S/C16H18N2O2/c1-3-18(13-5-4-6-14(19)10-13)16(20)15-9-12(17)8-7-11(15)2/h4-10,19H,3,17H2,1-2H3. The van der Waals surface area contributed by atoms with Crippen molar-refractivity contribution < 1.29 is 9.90 Å². The van der Waals surface area contributed by atoms with Gasteiger partial charge in [-0.1, -0.05) is 12.1 Å². The molecule has 2 aromatic rings. The number of nitrogens with zero attached hydrogens (tertiary/aromatic N) is 1. The van der Waals surface area contributed by atoms with Crippen molar-refractivity contribution in [3.63, 3.8) is 0 Å². The number of hydrogen-bond donors (Lipinski definition) is 2. The monoisotopic (exact) mass is 270 g/mol. The minimum Gasteiger partial charge on any atom is -0.508 e. The lowest BCUT2D eigenvalue weighted by molar-refractivity contribution is 0.0988. The Morgan fingerprint density at radius 3 is 2.65 bits per heavy atom. The number of phenols is 1. The molecule has 0 aromatic heterocycles. The molecular formula is C16H18N2O2. The smallest absolute Gasteiger partial charge is 0.258 e. The van der Waals surface area contributed by atoms with Crippen LogP contribution < -0.4 is 10.6 Å². The molecule has 104 valence electrons. The predicted molar refractivity (Wildman–Crippen MR) is 81.0 cm³/mol. The van der Waals surface area contributed by atoms with Crippen molar-refractivity contribution in [2.45, 2.75) is 13.8 Å². The lowest BCUT2D eigenvalue weighted by atomic mass is 10.1. The summed E-state index contributed by atoms with van der Waals surface area (Å²) >= 11 is 0. The van der Waals surface area contributed by atoms with E-state index in [1.165, 1.54) is 0 Å². The number of rotatable bonds is 3. The highest BCUT2D eigenvalue weighted by Gasteiger charge is 2.18. The first-order valence-corrected chi connectivity index (χ1v) is 6.50. The van der Waals surface area contributed by atoms with Crippen LogP contribution in [0.4, 0.5) is 11.4 Å². The van der Waals surface area contributed by atoms with Crippen LogP contribution in [0.5, 0.6) is 5.75 Å². The normalized spacial score (nSPS) is 10.3. The summed E-state index contributed by atoms with van der Waals surface area (Å²) in [6.07, 6.45) is 0. The van der Waals surface area contributed by atoms with Crippen LogP contribution in [0.3, 0.4) is 0 Å². The molecule has 0 atom stereocenters. The number of hydrogen-bond acceptors (Lipinski definition) is 3. The van der Waals surface area contributed by atoms with Crippen LogP contribution in [0.15, 0.2) is 42.5 Å². The number of aromatic hydroxyl groups is 1. The maximum atomic E-state index is 12.6. The van der Waals surface area contributed by atoms with E-state index in [9.17, 15) is 9.90 Å². The van der Waals surface area contributed by atoms with E-state index in [1.54, 1.807) is 41.3 Å². The number of aryl methyl sites for hydroxylation is 1. The Morgan fingerprint density at radius 2 is 2.00 bits per heavy atom. The molecule has 0 aliphatic heterocycles. The van der Waals surface area contributed by atoms with Gasteiger partial charge in [0.15, 0.2) is 0 Å². The third kappa shape index (κ3) is 2.74. The molecule has 20 heavy (non-hydrogen) atoms. The summed E-state index contributed by atoms with van der Waals surface area (Å²) in [5.41, 5.74) is 8.44. The van der Waals surface area contributed by atoms with Crippen molar-refractivity contribution in [1.82, 2.24) is 0 Å². The van der Waals surface area contributed by atoms with E-state index in [0.717, 1.165) is 5.56 Å². The highest BCUT2D eigenvalue weighted by Crippen LogP contribution is 2.23. The molecule has 0 fully saturated rings. The van der Waals surface area contributed by atoms with Gasteiger partial charge in [-0.15, -0.1) is 0 Å². The van der Waals surface area contributed by atoms with Crippen molar-refractivity contribution in [1.29, 1.82) is 0 Å². The second-order valence-corrected chi connectivity index (χ2v) is 4.64. The maximum absolute atomic E-state index is 12.6. The van der Waals surface area contributed by atoms with Crippen molar-refractivity contribution in [2.24, 2.45) is 0 Å². The largest absolute Gasteiger partial charge is 0.508 e. The Hall–Kier alpha value is -2.49. The average molecular weight is 270 g/mol. The third-order valence-electron chi connectivity index (χ3n) is 3.19. The van der Waals surface area contributed by atoms with E-state index in [0.29, 0.717) is 23.5 Å². The van der Waals surface area contributed by atoms with Crippen LogP contribution in [-0.2, 0) is 0 Å². The molecule has 0 saturated heterocycles. The van der Waals surface area contributed by atoms with Gasteiger partial charge < -0.3 is 15.7 Å². The van der Waals surface area contributed by atoms with E-state index in [-0.39, 0.29) is 11.7 Å². The zero-order chi connectivity index (χ0) is 14.7. The first-order chi connectivity index (χ1) is 9.52. The number of anilines is 2. The minimum absolute atomic E-state index is 0.122. The molecular weight excluding hydrogens is 252 g/mol. The van der Waals surface area contributed by atoms with Crippen LogP contribution in [0, 0.1) is 6.92 Å². The van der Waals surface area contributed by atoms with Gasteiger partial charge in [-0.3, -0.25) is 4.79 Å². The molecule has 0 saturated carbocycles. The summed E-state index contributed by atoms with van der Waals surface area (Å²) < 4.78 is 0. The zero-order valence-corrected chi connectivity index (χ0v) is 11.6. The molecule has 4 heteroatoms. The van der Waals surface area contributed by atoms with E-state index < -0.39 is 0 Å². The summed E-state index contributed by atoms with van der Waals surface area (Å²) in [4.78, 5) is 14.3. The number of nitrogens with two attached hydrogens (primary N) is 1. The number of benzene rings is 2. The first kappa shape index (κ1) is 13.9. The molecule has 3 N–H and O–H groups in total. The van der Waals surface area contributed by atoms with Crippen molar-refractivity contribution in [3.05, 3.63) is 53.6 Å². The SMILES string of the molecule is CCN(C(=O)c1cc(N)ccc1C)c1cccc(O)c1. The van der Waals surface area contributed by atoms with Crippen LogP contribution in [0.2, 0.25) is 0 Å². The lowest BCUT2D eigenvalue weighted by Crippen LogP contribution is -2.31. The van der Waals surface area contributed by atoms with Gasteiger partial charge >= 0.3 is 0 Å². The Bertz CT molecular complexity index is 638. The molecule has 0 spiro atoms. The van der Waals surface area contributed by atoms with Gasteiger partial charge in [0.1, 0.15) is 5.75 Å². The fourth-order valence-corrected chi connectivity index (χ4v) is 2.12. The molecule has 0 heterocycles. The Kier molecular flexibility index (Phi) is 3.94. The fourth-order valence-electron chi connectivity index (χ4n) is 2.12. The topological polar surface area (TPSA) is 66.6 Å². The summed E-state index contributed by atoms with van der Waals surface area (Å²) in [6, 6.07) is 11.9. The van der Waals surface area contributed by atoms with Crippen LogP contribution in [0.25, 0.3) is 0 Å². The molecule has 0 aliphatic carbocycles. The number of amides is 1. The lowest BCUT2D eigenvalue weighted by Gasteiger charge is -2.22. The number of carbonyl (C=O) groups excluding carboxylic acids is 1. The van der Waals surface area contributed by atoms with Crippen molar-refractivity contribution >= 4 is 17.3 Å². The number of phenolic OH excluding ortho intramolecular Hbond substituents is 1. The highest BCUT2D eigenvalue weighted by molar-refractivity contribution is 6.07. The highest BCUT2D eigenvalue weighted by atomic mass is 16.3. The van der Waals surface area contributed by atoms with Crippen molar-refractivity contribution in [2.75, 3.05) is 17.2 Å². The van der Waals surface area contributed by atoms with Crippen LogP contribution in [-0.4, -0.2) is 17.6 Å². The summed E-state index contributed by atoms with van der Waals surface area (Å²) in [5.74, 6) is 0.0148. The van der Waals surface area contributed by atoms with Crippen LogP contribution in [0.1, 0.15) is 22.8 Å². The van der Waals surface area contributed by atoms with Crippen LogP contribution >= 0.6 is 0 Å². The van der Waals surface area contributed by atoms with Crippen molar-refractivity contribution in [3.8, 4) is 5.75 Å². The van der Waals surface area contributed by atoms with Gasteiger partial charge in [-0.05, 0) is 43.7 Å². The van der Waals surface area contributed by atoms with Gasteiger partial charge in [0, 0.05) is 29.5 Å². The third-order valence-corrected chi connectivity index (χ3v) is 3.19. The zero-order valence-electron chi connectivity index (χ0n) is 11.6. The molecule has 2 aromatic carbocycles. The Labute approximate surface area is 118 Å².